The number of amides is 3. The number of carbonyl (C=O) groups excluding carboxylic acids is 3. The van der Waals surface area contributed by atoms with Crippen LogP contribution in [0.5, 0.6) is 5.75 Å². The Bertz CT molecular complexity index is 1050. The molecule has 3 rings (SSSR count). The minimum Gasteiger partial charge on any atom is -0.496 e. The third-order valence-corrected chi connectivity index (χ3v) is 4.78. The van der Waals surface area contributed by atoms with E-state index in [-0.39, 0.29) is 18.1 Å². The second-order valence-corrected chi connectivity index (χ2v) is 6.78. The maximum atomic E-state index is 12.5. The first-order valence-electron chi connectivity index (χ1n) is 8.54. The minimum absolute atomic E-state index is 0.240. The van der Waals surface area contributed by atoms with Gasteiger partial charge >= 0.3 is 0 Å². The first-order valence-corrected chi connectivity index (χ1v) is 9.42. The van der Waals surface area contributed by atoms with E-state index in [4.69, 9.17) is 10.5 Å². The van der Waals surface area contributed by atoms with Crippen molar-refractivity contribution in [2.45, 2.75) is 0 Å². The lowest BCUT2D eigenvalue weighted by Gasteiger charge is -2.06. The van der Waals surface area contributed by atoms with Crippen molar-refractivity contribution in [2.24, 2.45) is 5.73 Å². The number of rotatable bonds is 7. The summed E-state index contributed by atoms with van der Waals surface area (Å²) in [5.41, 5.74) is 6.93. The van der Waals surface area contributed by atoms with E-state index in [1.807, 2.05) is 24.3 Å². The summed E-state index contributed by atoms with van der Waals surface area (Å²) in [4.78, 5) is 39.5. The fourth-order valence-corrected chi connectivity index (χ4v) is 3.32. The molecule has 0 spiro atoms. The molecule has 0 aliphatic rings. The maximum Gasteiger partial charge on any atom is 0.275 e. The Kier molecular flexibility index (Phi) is 6.20. The fraction of sp³-hybridized carbons (Fsp3) is 0.100. The van der Waals surface area contributed by atoms with Gasteiger partial charge in [0.15, 0.2) is 0 Å². The normalized spacial score (nSPS) is 10.2. The summed E-state index contributed by atoms with van der Waals surface area (Å²) < 4.78 is 5.33. The van der Waals surface area contributed by atoms with Gasteiger partial charge in [-0.1, -0.05) is 12.1 Å². The molecule has 1 aromatic heterocycles. The molecule has 0 aliphatic carbocycles. The number of thiazole rings is 1. The summed E-state index contributed by atoms with van der Waals surface area (Å²) in [7, 11) is 1.58. The van der Waals surface area contributed by atoms with Crippen molar-refractivity contribution >= 4 is 34.7 Å². The number of hydrogen-bond donors (Lipinski definition) is 3. The molecule has 148 valence electrons. The molecule has 0 fully saturated rings. The lowest BCUT2D eigenvalue weighted by Crippen LogP contribution is -2.33. The molecule has 29 heavy (non-hydrogen) atoms. The Hall–Kier alpha value is -3.72. The van der Waals surface area contributed by atoms with Crippen molar-refractivity contribution in [1.82, 2.24) is 10.3 Å². The number of hydrogen-bond acceptors (Lipinski definition) is 6. The van der Waals surface area contributed by atoms with Gasteiger partial charge < -0.3 is 21.1 Å². The summed E-state index contributed by atoms with van der Waals surface area (Å²) in [5, 5.41) is 7.47. The molecule has 3 amide bonds. The van der Waals surface area contributed by atoms with Gasteiger partial charge in [-0.2, -0.15) is 0 Å². The van der Waals surface area contributed by atoms with Crippen molar-refractivity contribution < 1.29 is 19.1 Å². The van der Waals surface area contributed by atoms with Crippen LogP contribution in [-0.4, -0.2) is 36.4 Å². The lowest BCUT2D eigenvalue weighted by molar-refractivity contribution is -0.117. The molecule has 2 aromatic carbocycles. The van der Waals surface area contributed by atoms with E-state index in [1.54, 1.807) is 24.6 Å². The third kappa shape index (κ3) is 4.96. The van der Waals surface area contributed by atoms with Gasteiger partial charge in [0.2, 0.25) is 5.91 Å². The Morgan fingerprint density at radius 1 is 1.07 bits per heavy atom. The molecule has 3 aromatic rings. The van der Waals surface area contributed by atoms with Crippen molar-refractivity contribution in [3.63, 3.8) is 0 Å². The summed E-state index contributed by atoms with van der Waals surface area (Å²) in [6.07, 6.45) is 0. The second kappa shape index (κ2) is 8.98. The number of anilines is 1. The third-order valence-electron chi connectivity index (χ3n) is 3.90. The summed E-state index contributed by atoms with van der Waals surface area (Å²) in [6, 6.07) is 13.7. The van der Waals surface area contributed by atoms with Crippen LogP contribution >= 0.6 is 11.3 Å². The van der Waals surface area contributed by atoms with Gasteiger partial charge in [-0.05, 0) is 36.4 Å². The SMILES string of the molecule is COc1ccccc1-c1nc(C(=O)Nc2ccc(C(=O)NCC(N)=O)cc2)cs1. The van der Waals surface area contributed by atoms with Crippen molar-refractivity contribution in [2.75, 3.05) is 19.0 Å². The highest BCUT2D eigenvalue weighted by molar-refractivity contribution is 7.13. The fourth-order valence-electron chi connectivity index (χ4n) is 2.49. The van der Waals surface area contributed by atoms with Gasteiger partial charge in [-0.3, -0.25) is 14.4 Å². The molecule has 1 heterocycles. The largest absolute Gasteiger partial charge is 0.496 e. The van der Waals surface area contributed by atoms with Gasteiger partial charge in [0, 0.05) is 16.6 Å². The summed E-state index contributed by atoms with van der Waals surface area (Å²) in [6.45, 7) is -0.240. The van der Waals surface area contributed by atoms with Gasteiger partial charge in [-0.25, -0.2) is 4.98 Å². The number of nitrogens with zero attached hydrogens (tertiary/aromatic N) is 1. The zero-order valence-electron chi connectivity index (χ0n) is 15.5. The summed E-state index contributed by atoms with van der Waals surface area (Å²) >= 11 is 1.34. The van der Waals surface area contributed by atoms with Crippen molar-refractivity contribution in [3.8, 4) is 16.3 Å². The zero-order valence-corrected chi connectivity index (χ0v) is 16.3. The first-order chi connectivity index (χ1) is 14.0. The molecule has 4 N–H and O–H groups in total. The Balaban J connectivity index is 1.67. The second-order valence-electron chi connectivity index (χ2n) is 5.92. The van der Waals surface area contributed by atoms with E-state index >= 15 is 0 Å². The molecule has 0 aliphatic heterocycles. The van der Waals surface area contributed by atoms with E-state index in [1.165, 1.54) is 23.5 Å². The maximum absolute atomic E-state index is 12.5. The highest BCUT2D eigenvalue weighted by atomic mass is 32.1. The summed E-state index contributed by atoms with van der Waals surface area (Å²) in [5.74, 6) is -0.743. The standard InChI is InChI=1S/C20H18N4O4S/c1-28-16-5-3-2-4-14(16)20-24-15(11-29-20)19(27)23-13-8-6-12(7-9-13)18(26)22-10-17(21)25/h2-9,11H,10H2,1H3,(H2,21,25)(H,22,26)(H,23,27). The number of carbonyl (C=O) groups is 3. The lowest BCUT2D eigenvalue weighted by atomic mass is 10.2. The van der Waals surface area contributed by atoms with Crippen LogP contribution in [-0.2, 0) is 4.79 Å². The monoisotopic (exact) mass is 410 g/mol. The van der Waals surface area contributed by atoms with Crippen molar-refractivity contribution in [1.29, 1.82) is 0 Å². The van der Waals surface area contributed by atoms with E-state index in [0.717, 1.165) is 5.56 Å². The van der Waals surface area contributed by atoms with Crippen LogP contribution < -0.4 is 21.1 Å². The van der Waals surface area contributed by atoms with Gasteiger partial charge in [0.25, 0.3) is 11.8 Å². The minimum atomic E-state index is -0.627. The smallest absolute Gasteiger partial charge is 0.275 e. The Labute approximate surface area is 170 Å². The molecule has 0 atom stereocenters. The zero-order chi connectivity index (χ0) is 20.8. The van der Waals surface area contributed by atoms with Crippen LogP contribution in [0, 0.1) is 0 Å². The van der Waals surface area contributed by atoms with E-state index < -0.39 is 11.8 Å². The molecule has 0 saturated heterocycles. The van der Waals surface area contributed by atoms with Crippen LogP contribution in [0.2, 0.25) is 0 Å². The van der Waals surface area contributed by atoms with Crippen molar-refractivity contribution in [3.05, 3.63) is 65.2 Å². The van der Waals surface area contributed by atoms with Crippen LogP contribution in [0.4, 0.5) is 5.69 Å². The Morgan fingerprint density at radius 2 is 1.79 bits per heavy atom. The molecule has 0 radical (unpaired) electrons. The number of para-hydroxylation sites is 1. The molecule has 0 unspecified atom stereocenters. The molecule has 9 heteroatoms. The van der Waals surface area contributed by atoms with Gasteiger partial charge in [-0.15, -0.1) is 11.3 Å². The number of primary amides is 1. The molecule has 0 saturated carbocycles. The first kappa shape index (κ1) is 20.0. The van der Waals surface area contributed by atoms with Crippen LogP contribution in [0.25, 0.3) is 10.6 Å². The molecular formula is C20H18N4O4S. The molecule has 0 bridgehead atoms. The van der Waals surface area contributed by atoms with Crippen LogP contribution in [0.3, 0.4) is 0 Å². The van der Waals surface area contributed by atoms with Crippen LogP contribution in [0.1, 0.15) is 20.8 Å². The topological polar surface area (TPSA) is 123 Å². The average molecular weight is 410 g/mol. The highest BCUT2D eigenvalue weighted by Gasteiger charge is 2.15. The van der Waals surface area contributed by atoms with E-state index in [0.29, 0.717) is 22.0 Å². The number of aromatic nitrogens is 1. The van der Waals surface area contributed by atoms with Gasteiger partial charge in [0.1, 0.15) is 16.5 Å². The predicted octanol–water partition coefficient (Wildman–Crippen LogP) is 2.29. The Morgan fingerprint density at radius 3 is 2.48 bits per heavy atom. The number of nitrogens with one attached hydrogen (secondary N) is 2. The predicted molar refractivity (Wildman–Crippen MR) is 110 cm³/mol. The molecular weight excluding hydrogens is 392 g/mol. The number of benzene rings is 2. The van der Waals surface area contributed by atoms with E-state index in [2.05, 4.69) is 15.6 Å². The van der Waals surface area contributed by atoms with Crippen LogP contribution in [0.15, 0.2) is 53.9 Å². The number of nitrogens with two attached hydrogens (primary N) is 1. The quantitative estimate of drug-likeness (QED) is 0.551. The highest BCUT2D eigenvalue weighted by Crippen LogP contribution is 2.32. The van der Waals surface area contributed by atoms with Gasteiger partial charge in [0.05, 0.1) is 19.2 Å². The molecule has 8 nitrogen and oxygen atoms in total. The number of ether oxygens (including phenoxy) is 1. The number of methoxy groups -OCH3 is 1. The average Bonchev–Trinajstić information content (AvgIpc) is 3.22. The van der Waals surface area contributed by atoms with E-state index in [9.17, 15) is 14.4 Å².